The number of nitrogens with zero attached hydrogens (tertiary/aromatic N) is 2. The molecule has 1 aromatic rings. The maximum Gasteiger partial charge on any atom is 0.582 e. The molecule has 1 aliphatic heterocycles. The van der Waals surface area contributed by atoms with Crippen LogP contribution in [-0.2, 0) is 18.6 Å². The number of ether oxygens (including phenoxy) is 2. The SMILES string of the molecule is CCCCCCOC1[C@@H](O[P+](=O)S)[C@@H](CO)O[C@H]1n1ccc(N)nc1=O. The fourth-order valence-electron chi connectivity index (χ4n) is 2.86. The topological polar surface area (TPSA) is 126 Å². The third-order valence-corrected chi connectivity index (χ3v) is 4.82. The Morgan fingerprint density at radius 1 is 1.42 bits per heavy atom. The molecule has 26 heavy (non-hydrogen) atoms. The van der Waals surface area contributed by atoms with E-state index in [1.807, 2.05) is 0 Å². The molecule has 11 heteroatoms. The van der Waals surface area contributed by atoms with Crippen molar-refractivity contribution in [2.75, 3.05) is 18.9 Å². The largest absolute Gasteiger partial charge is 0.582 e. The maximum atomic E-state index is 12.2. The van der Waals surface area contributed by atoms with Crippen LogP contribution in [0, 0.1) is 0 Å². The average Bonchev–Trinajstić information content (AvgIpc) is 2.91. The van der Waals surface area contributed by atoms with Crippen LogP contribution >= 0.6 is 19.5 Å². The highest BCUT2D eigenvalue weighted by Crippen LogP contribution is 2.40. The highest BCUT2D eigenvalue weighted by Gasteiger charge is 2.51. The minimum absolute atomic E-state index is 0.0891. The number of unbranched alkanes of at least 4 members (excludes halogenated alkanes) is 3. The van der Waals surface area contributed by atoms with Gasteiger partial charge in [-0.25, -0.2) is 4.79 Å². The smallest absolute Gasteiger partial charge is 0.394 e. The van der Waals surface area contributed by atoms with E-state index in [4.69, 9.17) is 19.7 Å². The molecule has 0 radical (unpaired) electrons. The van der Waals surface area contributed by atoms with Crippen molar-refractivity contribution in [1.82, 2.24) is 9.55 Å². The van der Waals surface area contributed by atoms with Crippen LogP contribution in [0.1, 0.15) is 38.8 Å². The second-order valence-electron chi connectivity index (χ2n) is 5.99. The molecular formula is C15H25N3O6PS+. The van der Waals surface area contributed by atoms with Crippen molar-refractivity contribution < 1.29 is 23.7 Å². The van der Waals surface area contributed by atoms with Crippen molar-refractivity contribution in [3.8, 4) is 0 Å². The van der Waals surface area contributed by atoms with Gasteiger partial charge in [0.1, 0.15) is 30.3 Å². The van der Waals surface area contributed by atoms with Gasteiger partial charge in [-0.15, -0.1) is 4.52 Å². The number of rotatable bonds is 10. The van der Waals surface area contributed by atoms with E-state index in [0.29, 0.717) is 6.61 Å². The highest BCUT2D eigenvalue weighted by atomic mass is 32.7. The number of hydrogen-bond donors (Lipinski definition) is 3. The highest BCUT2D eigenvalue weighted by molar-refractivity contribution is 8.39. The normalized spacial score (nSPS) is 26.2. The first-order valence-electron chi connectivity index (χ1n) is 8.53. The van der Waals surface area contributed by atoms with E-state index in [9.17, 15) is 14.5 Å². The van der Waals surface area contributed by atoms with Gasteiger partial charge in [-0.1, -0.05) is 26.2 Å². The summed E-state index contributed by atoms with van der Waals surface area (Å²) in [6.45, 7) is 2.15. The Labute approximate surface area is 157 Å². The van der Waals surface area contributed by atoms with Crippen LogP contribution in [0.25, 0.3) is 0 Å². The van der Waals surface area contributed by atoms with Gasteiger partial charge in [-0.05, 0) is 17.1 Å². The Kier molecular flexibility index (Phi) is 8.46. The van der Waals surface area contributed by atoms with Crippen LogP contribution < -0.4 is 11.4 Å². The predicted molar refractivity (Wildman–Crippen MR) is 99.3 cm³/mol. The van der Waals surface area contributed by atoms with Gasteiger partial charge in [0.2, 0.25) is 0 Å². The minimum atomic E-state index is -2.25. The number of thiol groups is 1. The second-order valence-corrected chi connectivity index (χ2v) is 7.66. The first kappa shape index (κ1) is 21.3. The van der Waals surface area contributed by atoms with Crippen molar-refractivity contribution in [3.05, 3.63) is 22.7 Å². The van der Waals surface area contributed by atoms with Gasteiger partial charge in [-0.3, -0.25) is 4.57 Å². The van der Waals surface area contributed by atoms with Crippen LogP contribution in [0.5, 0.6) is 0 Å². The van der Waals surface area contributed by atoms with E-state index in [1.54, 1.807) is 0 Å². The molecule has 0 aromatic carbocycles. The molecule has 9 nitrogen and oxygen atoms in total. The molecule has 0 spiro atoms. The summed E-state index contributed by atoms with van der Waals surface area (Å²) in [6, 6.07) is 1.46. The summed E-state index contributed by atoms with van der Waals surface area (Å²) < 4.78 is 29.7. The van der Waals surface area contributed by atoms with Crippen molar-refractivity contribution >= 4 is 25.3 Å². The molecule has 0 saturated carbocycles. The fourth-order valence-corrected chi connectivity index (χ4v) is 3.65. The zero-order valence-electron chi connectivity index (χ0n) is 14.6. The van der Waals surface area contributed by atoms with Crippen LogP contribution in [-0.4, -0.2) is 46.2 Å². The summed E-state index contributed by atoms with van der Waals surface area (Å²) in [7, 11) is -2.25. The first-order valence-corrected chi connectivity index (χ1v) is 10.9. The Morgan fingerprint density at radius 2 is 2.19 bits per heavy atom. The molecule has 146 valence electrons. The van der Waals surface area contributed by atoms with E-state index < -0.39 is 37.5 Å². The van der Waals surface area contributed by atoms with Crippen molar-refractivity contribution in [3.63, 3.8) is 0 Å². The second kappa shape index (κ2) is 10.3. The molecule has 0 aliphatic carbocycles. The molecular weight excluding hydrogens is 381 g/mol. The first-order chi connectivity index (χ1) is 12.5. The summed E-state index contributed by atoms with van der Waals surface area (Å²) in [5.74, 6) is 0.0891. The lowest BCUT2D eigenvalue weighted by Gasteiger charge is -2.22. The van der Waals surface area contributed by atoms with Gasteiger partial charge in [-0.2, -0.15) is 4.98 Å². The van der Waals surface area contributed by atoms with Crippen LogP contribution in [0.3, 0.4) is 0 Å². The zero-order valence-corrected chi connectivity index (χ0v) is 16.4. The predicted octanol–water partition coefficient (Wildman–Crippen LogP) is 1.65. The molecule has 0 amide bonds. The van der Waals surface area contributed by atoms with Gasteiger partial charge in [0, 0.05) is 12.8 Å². The van der Waals surface area contributed by atoms with Crippen molar-refractivity contribution in [2.45, 2.75) is 57.1 Å². The number of nitrogens with two attached hydrogens (primary N) is 1. The molecule has 1 saturated heterocycles. The third-order valence-electron chi connectivity index (χ3n) is 4.11. The van der Waals surface area contributed by atoms with E-state index >= 15 is 0 Å². The zero-order chi connectivity index (χ0) is 19.1. The van der Waals surface area contributed by atoms with Crippen LogP contribution in [0.15, 0.2) is 17.1 Å². The van der Waals surface area contributed by atoms with Gasteiger partial charge < -0.3 is 20.3 Å². The van der Waals surface area contributed by atoms with Crippen LogP contribution in [0.2, 0.25) is 0 Å². The van der Waals surface area contributed by atoms with Crippen molar-refractivity contribution in [2.24, 2.45) is 0 Å². The molecule has 1 fully saturated rings. The molecule has 2 heterocycles. The molecule has 3 N–H and O–H groups in total. The lowest BCUT2D eigenvalue weighted by atomic mass is 10.1. The van der Waals surface area contributed by atoms with E-state index in [2.05, 4.69) is 24.2 Å². The number of aliphatic hydroxyl groups is 1. The molecule has 2 unspecified atom stereocenters. The summed E-state index contributed by atoms with van der Waals surface area (Å²) >= 11 is 3.78. The third kappa shape index (κ3) is 5.48. The summed E-state index contributed by atoms with van der Waals surface area (Å²) in [5.41, 5.74) is 4.92. The van der Waals surface area contributed by atoms with E-state index in [0.717, 1.165) is 25.7 Å². The lowest BCUT2D eigenvalue weighted by molar-refractivity contribution is -0.0742. The van der Waals surface area contributed by atoms with Crippen LogP contribution in [0.4, 0.5) is 5.82 Å². The van der Waals surface area contributed by atoms with Gasteiger partial charge in [0.05, 0.1) is 6.61 Å². The number of aliphatic hydroxyl groups excluding tert-OH is 1. The number of nitrogen functional groups attached to an aromatic ring is 1. The van der Waals surface area contributed by atoms with Crippen molar-refractivity contribution in [1.29, 1.82) is 0 Å². The summed E-state index contributed by atoms with van der Waals surface area (Å²) in [5, 5.41) is 9.58. The Balaban J connectivity index is 2.21. The molecule has 5 atom stereocenters. The Bertz CT molecular complexity index is 661. The molecule has 1 aliphatic rings. The number of hydrogen-bond acceptors (Lipinski definition) is 8. The van der Waals surface area contributed by atoms with Gasteiger partial charge >= 0.3 is 12.9 Å². The van der Waals surface area contributed by atoms with Gasteiger partial charge in [0.25, 0.3) is 0 Å². The monoisotopic (exact) mass is 406 g/mol. The van der Waals surface area contributed by atoms with E-state index in [1.165, 1.54) is 16.8 Å². The van der Waals surface area contributed by atoms with Gasteiger partial charge in [0.15, 0.2) is 12.3 Å². The Morgan fingerprint density at radius 3 is 2.81 bits per heavy atom. The quantitative estimate of drug-likeness (QED) is 0.304. The Hall–Kier alpha value is -1.03. The maximum absolute atomic E-state index is 12.2. The molecule has 2 rings (SSSR count). The summed E-state index contributed by atoms with van der Waals surface area (Å²) in [6.07, 6.45) is 2.20. The number of anilines is 1. The number of aromatic nitrogens is 2. The average molecular weight is 406 g/mol. The minimum Gasteiger partial charge on any atom is -0.394 e. The fraction of sp³-hybridized carbons (Fsp3) is 0.733. The lowest BCUT2D eigenvalue weighted by Crippen LogP contribution is -2.39. The summed E-state index contributed by atoms with van der Waals surface area (Å²) in [4.78, 5) is 15.9. The standard InChI is InChI=1S/C15H24N3O6PS/c1-2-3-4-5-8-22-13-12(24-25(21)26)10(9-19)23-14(13)18-7-6-11(16)17-15(18)20/h6-7,10,12-14,19H,2-5,8-9H2,1H3,(H2-,16,17,20,21,26)/p+1/t10-,12+,13?,14-/m1/s1. The molecule has 1 aromatic heterocycles. The molecule has 0 bridgehead atoms. The van der Waals surface area contributed by atoms with E-state index in [-0.39, 0.29) is 12.4 Å².